The first kappa shape index (κ1) is 13.4. The molecule has 3 rings (SSSR count). The zero-order valence-electron chi connectivity index (χ0n) is 10.4. The Labute approximate surface area is 118 Å². The molecule has 0 spiro atoms. The van der Waals surface area contributed by atoms with Gasteiger partial charge in [-0.3, -0.25) is 0 Å². The third-order valence-electron chi connectivity index (χ3n) is 2.81. The quantitative estimate of drug-likeness (QED) is 0.794. The van der Waals surface area contributed by atoms with Gasteiger partial charge in [-0.05, 0) is 18.2 Å². The highest BCUT2D eigenvalue weighted by Crippen LogP contribution is 2.28. The number of halogens is 1. The van der Waals surface area contributed by atoms with Crippen LogP contribution >= 0.6 is 0 Å². The highest BCUT2D eigenvalue weighted by Gasteiger charge is 2.25. The Kier molecular flexibility index (Phi) is 2.85. The Hall–Kier alpha value is -2.59. The number of sulfonamides is 1. The van der Waals surface area contributed by atoms with E-state index in [-0.39, 0.29) is 27.8 Å². The third kappa shape index (κ3) is 2.30. The normalized spacial score (nSPS) is 13.5. The van der Waals surface area contributed by atoms with Gasteiger partial charge in [0.2, 0.25) is 10.0 Å². The maximum Gasteiger partial charge on any atom is 0.238 e. The molecule has 1 aliphatic rings. The summed E-state index contributed by atoms with van der Waals surface area (Å²) in [5.41, 5.74) is 10.2. The summed E-state index contributed by atoms with van der Waals surface area (Å²) in [6, 6.07) is 3.11. The van der Waals surface area contributed by atoms with E-state index in [4.69, 9.17) is 10.9 Å². The van der Waals surface area contributed by atoms with Gasteiger partial charge in [-0.2, -0.15) is 0 Å². The first-order chi connectivity index (χ1) is 9.86. The number of hydrogen-bond acceptors (Lipinski definition) is 6. The van der Waals surface area contributed by atoms with Crippen LogP contribution in [0.3, 0.4) is 0 Å². The maximum absolute atomic E-state index is 13.6. The van der Waals surface area contributed by atoms with E-state index < -0.39 is 15.8 Å². The molecule has 1 aliphatic heterocycles. The molecule has 0 amide bonds. The smallest absolute Gasteiger partial charge is 0.238 e. The lowest BCUT2D eigenvalue weighted by molar-refractivity contribution is 0.592. The number of benzene rings is 1. The minimum Gasteiger partial charge on any atom is -0.383 e. The van der Waals surface area contributed by atoms with Crippen molar-refractivity contribution in [3.05, 3.63) is 41.5 Å². The van der Waals surface area contributed by atoms with Crippen LogP contribution in [0, 0.1) is 5.82 Å². The van der Waals surface area contributed by atoms with Gasteiger partial charge in [0.1, 0.15) is 23.7 Å². The van der Waals surface area contributed by atoms with Gasteiger partial charge in [-0.1, -0.05) is 0 Å². The van der Waals surface area contributed by atoms with Crippen molar-refractivity contribution in [3.63, 3.8) is 0 Å². The van der Waals surface area contributed by atoms with Gasteiger partial charge in [-0.25, -0.2) is 27.9 Å². The van der Waals surface area contributed by atoms with Crippen molar-refractivity contribution in [1.29, 1.82) is 0 Å². The van der Waals surface area contributed by atoms with Crippen molar-refractivity contribution in [1.82, 2.24) is 15.4 Å². The van der Waals surface area contributed by atoms with Gasteiger partial charge < -0.3 is 5.73 Å². The van der Waals surface area contributed by atoms with Crippen molar-refractivity contribution < 1.29 is 12.8 Å². The number of fused-ring (bicyclic) bond motifs is 1. The lowest BCUT2D eigenvalue weighted by Gasteiger charge is -2.06. The minimum atomic E-state index is -4.05. The topological polar surface area (TPSA) is 138 Å². The Morgan fingerprint density at radius 1 is 1.14 bits per heavy atom. The fourth-order valence-electron chi connectivity index (χ4n) is 1.91. The average Bonchev–Trinajstić information content (AvgIpc) is 2.82. The van der Waals surface area contributed by atoms with E-state index >= 15 is 0 Å². The first-order valence-electron chi connectivity index (χ1n) is 5.59. The highest BCUT2D eigenvalue weighted by molar-refractivity contribution is 7.89. The summed E-state index contributed by atoms with van der Waals surface area (Å²) in [5, 5.41) is 8.87. The monoisotopic (exact) mass is 307 g/mol. The lowest BCUT2D eigenvalue weighted by atomic mass is 10.0. The number of hydrogen-bond donors (Lipinski definition) is 2. The van der Waals surface area contributed by atoms with Gasteiger partial charge in [-0.15, -0.1) is 10.5 Å². The zero-order chi connectivity index (χ0) is 15.2. The summed E-state index contributed by atoms with van der Waals surface area (Å²) in [5.74, 6) is -0.427. The number of rotatable bonds is 2. The summed E-state index contributed by atoms with van der Waals surface area (Å²) >= 11 is 0. The summed E-state index contributed by atoms with van der Waals surface area (Å²) in [4.78, 5) is 7.32. The molecule has 0 atom stereocenters. The second-order valence-corrected chi connectivity index (χ2v) is 5.79. The average molecular weight is 307 g/mol. The molecule has 0 aliphatic carbocycles. The van der Waals surface area contributed by atoms with Crippen molar-refractivity contribution >= 4 is 27.4 Å². The fraction of sp³-hybridized carbons (Fsp3) is 0. The molecule has 0 bridgehead atoms. The molecule has 1 aromatic heterocycles. The molecule has 1 aromatic carbocycles. The number of nitrogens with two attached hydrogens (primary N) is 2. The number of anilines is 1. The molecular formula is C11H8FN6O2S. The van der Waals surface area contributed by atoms with Crippen LogP contribution in [0.25, 0.3) is 0 Å². The Balaban J connectivity index is 2.19. The number of nitrogens with zero attached hydrogens (tertiary/aromatic N) is 4. The van der Waals surface area contributed by atoms with Crippen LogP contribution in [0.1, 0.15) is 11.1 Å². The summed E-state index contributed by atoms with van der Waals surface area (Å²) in [6.07, 6.45) is 1.22. The molecule has 4 N–H and O–H groups in total. The molecule has 107 valence electrons. The van der Waals surface area contributed by atoms with Crippen LogP contribution in [0.5, 0.6) is 0 Å². The van der Waals surface area contributed by atoms with Gasteiger partial charge in [0, 0.05) is 5.56 Å². The van der Waals surface area contributed by atoms with E-state index in [9.17, 15) is 12.8 Å². The molecular weight excluding hydrogens is 299 g/mol. The number of nitrogen functional groups attached to an aromatic ring is 1. The Morgan fingerprint density at radius 2 is 1.90 bits per heavy atom. The van der Waals surface area contributed by atoms with E-state index in [2.05, 4.69) is 20.5 Å². The lowest BCUT2D eigenvalue weighted by Crippen LogP contribution is -2.14. The second kappa shape index (κ2) is 4.46. The standard InChI is InChI=1S/C11H8FN6O2S/c12-6-1-5(2-7(3-6)21(14,19)20)9-8-10(13)15-4-16-11(8)18-17-9/h1-4H,(H2,13,15,16)(H2,14,19,20). The second-order valence-electron chi connectivity index (χ2n) is 4.23. The summed E-state index contributed by atoms with van der Waals surface area (Å²) in [6.45, 7) is 0. The molecule has 21 heavy (non-hydrogen) atoms. The van der Waals surface area contributed by atoms with Gasteiger partial charge in [0.15, 0.2) is 5.82 Å². The first-order valence-corrected chi connectivity index (χ1v) is 7.14. The Bertz CT molecular complexity index is 880. The molecule has 0 saturated heterocycles. The van der Waals surface area contributed by atoms with Crippen LogP contribution in [0.4, 0.5) is 16.0 Å². The van der Waals surface area contributed by atoms with E-state index in [0.29, 0.717) is 5.56 Å². The van der Waals surface area contributed by atoms with Gasteiger partial charge in [0.05, 0.1) is 10.5 Å². The van der Waals surface area contributed by atoms with Gasteiger partial charge in [0.25, 0.3) is 0 Å². The summed E-state index contributed by atoms with van der Waals surface area (Å²) < 4.78 is 36.3. The molecule has 0 saturated carbocycles. The van der Waals surface area contributed by atoms with Crippen molar-refractivity contribution in [2.75, 3.05) is 5.73 Å². The van der Waals surface area contributed by atoms with E-state index in [1.807, 2.05) is 0 Å². The van der Waals surface area contributed by atoms with Crippen LogP contribution in [-0.4, -0.2) is 24.1 Å². The number of primary sulfonamides is 1. The van der Waals surface area contributed by atoms with Crippen LogP contribution < -0.4 is 16.3 Å². The zero-order valence-corrected chi connectivity index (χ0v) is 11.2. The van der Waals surface area contributed by atoms with E-state index in [0.717, 1.165) is 12.1 Å². The molecule has 2 heterocycles. The molecule has 1 radical (unpaired) electrons. The molecule has 2 aromatic rings. The van der Waals surface area contributed by atoms with E-state index in [1.165, 1.54) is 12.4 Å². The van der Waals surface area contributed by atoms with Crippen molar-refractivity contribution in [2.45, 2.75) is 4.90 Å². The molecule has 10 heteroatoms. The Morgan fingerprint density at radius 3 is 2.62 bits per heavy atom. The summed E-state index contributed by atoms with van der Waals surface area (Å²) in [7, 11) is -4.05. The van der Waals surface area contributed by atoms with Crippen LogP contribution in [-0.2, 0) is 10.0 Å². The van der Waals surface area contributed by atoms with Crippen molar-refractivity contribution in [2.24, 2.45) is 10.2 Å². The predicted molar refractivity (Wildman–Crippen MR) is 71.7 cm³/mol. The maximum atomic E-state index is 13.6. The molecule has 8 nitrogen and oxygen atoms in total. The highest BCUT2D eigenvalue weighted by atomic mass is 32.2. The van der Waals surface area contributed by atoms with Crippen LogP contribution in [0.15, 0.2) is 34.5 Å². The number of aromatic nitrogens is 2. The molecule has 0 fully saturated rings. The SMILES string of the molecule is Nc1ncnc2c1C(c1cc(F)cc(S(N)(=O)=O)c1)=N[N]2. The predicted octanol–water partition coefficient (Wildman–Crippen LogP) is -0.153. The van der Waals surface area contributed by atoms with E-state index in [1.54, 1.807) is 0 Å². The molecule has 0 unspecified atom stereocenters. The van der Waals surface area contributed by atoms with Gasteiger partial charge >= 0.3 is 0 Å². The third-order valence-corrected chi connectivity index (χ3v) is 3.70. The van der Waals surface area contributed by atoms with Crippen molar-refractivity contribution in [3.8, 4) is 0 Å². The fourth-order valence-corrected chi connectivity index (χ4v) is 2.47. The van der Waals surface area contributed by atoms with Crippen LogP contribution in [0.2, 0.25) is 0 Å². The minimum absolute atomic E-state index is 0.112. The largest absolute Gasteiger partial charge is 0.383 e.